The number of hydrogen-bond acceptors (Lipinski definition) is 5. The fourth-order valence-corrected chi connectivity index (χ4v) is 1.95. The zero-order valence-corrected chi connectivity index (χ0v) is 9.99. The van der Waals surface area contributed by atoms with Gasteiger partial charge in [0.2, 0.25) is 5.82 Å². The molecule has 6 nitrogen and oxygen atoms in total. The predicted molar refractivity (Wildman–Crippen MR) is 66.3 cm³/mol. The van der Waals surface area contributed by atoms with Crippen LogP contribution in [0.5, 0.6) is 0 Å². The summed E-state index contributed by atoms with van der Waals surface area (Å²) in [4.78, 5) is 14.7. The first kappa shape index (κ1) is 11.6. The minimum absolute atomic E-state index is 0.0251. The molecule has 0 aliphatic heterocycles. The zero-order chi connectivity index (χ0) is 12.5. The highest BCUT2D eigenvalue weighted by Gasteiger charge is 2.34. The quantitative estimate of drug-likeness (QED) is 0.619. The van der Waals surface area contributed by atoms with Crippen LogP contribution in [0, 0.1) is 10.1 Å². The Balaban J connectivity index is 2.31. The predicted octanol–water partition coefficient (Wildman–Crippen LogP) is 2.39. The van der Waals surface area contributed by atoms with Gasteiger partial charge in [-0.25, -0.2) is 4.98 Å². The molecular weight excluding hydrogens is 220 g/mol. The van der Waals surface area contributed by atoms with E-state index in [0.717, 1.165) is 19.3 Å². The highest BCUT2D eigenvalue weighted by Crippen LogP contribution is 2.36. The Hall–Kier alpha value is -1.85. The molecular formula is C11H16N4O2. The first-order valence-electron chi connectivity index (χ1n) is 5.65. The monoisotopic (exact) mass is 236 g/mol. The van der Waals surface area contributed by atoms with Gasteiger partial charge in [-0.2, -0.15) is 0 Å². The Bertz CT molecular complexity index is 443. The Morgan fingerprint density at radius 3 is 2.65 bits per heavy atom. The Morgan fingerprint density at radius 1 is 1.47 bits per heavy atom. The van der Waals surface area contributed by atoms with E-state index >= 15 is 0 Å². The number of rotatable bonds is 4. The van der Waals surface area contributed by atoms with Gasteiger partial charge in [-0.3, -0.25) is 10.1 Å². The third-order valence-electron chi connectivity index (χ3n) is 3.20. The van der Waals surface area contributed by atoms with Crippen molar-refractivity contribution in [1.29, 1.82) is 0 Å². The number of hydrogen-bond donors (Lipinski definition) is 2. The normalized spacial score (nSPS) is 17.1. The van der Waals surface area contributed by atoms with Gasteiger partial charge in [-0.05, 0) is 32.3 Å². The Kier molecular flexibility index (Phi) is 2.87. The van der Waals surface area contributed by atoms with Gasteiger partial charge >= 0.3 is 5.69 Å². The molecule has 0 bridgehead atoms. The third-order valence-corrected chi connectivity index (χ3v) is 3.20. The van der Waals surface area contributed by atoms with Crippen molar-refractivity contribution in [1.82, 2.24) is 4.98 Å². The van der Waals surface area contributed by atoms with E-state index in [1.165, 1.54) is 6.07 Å². The Labute approximate surface area is 99.6 Å². The molecule has 92 valence electrons. The molecule has 0 aromatic carbocycles. The standard InChI is InChI=1S/C11H16N4O2/c1-11(6-3-7-11)14-10-8(15(16)17)4-5-9(12-2)13-10/h4-5H,3,6-7H2,1-2H3,(H2,12,13,14). The first-order chi connectivity index (χ1) is 8.04. The minimum atomic E-state index is -0.406. The molecule has 17 heavy (non-hydrogen) atoms. The number of nitrogens with zero attached hydrogens (tertiary/aromatic N) is 2. The van der Waals surface area contributed by atoms with Crippen molar-refractivity contribution in [2.45, 2.75) is 31.7 Å². The molecule has 0 amide bonds. The van der Waals surface area contributed by atoms with Crippen molar-refractivity contribution in [3.63, 3.8) is 0 Å². The van der Waals surface area contributed by atoms with Crippen molar-refractivity contribution < 1.29 is 4.92 Å². The van der Waals surface area contributed by atoms with Crippen LogP contribution in [0.4, 0.5) is 17.3 Å². The van der Waals surface area contributed by atoms with Crippen LogP contribution in [0.25, 0.3) is 0 Å². The summed E-state index contributed by atoms with van der Waals surface area (Å²) >= 11 is 0. The van der Waals surface area contributed by atoms with Gasteiger partial charge < -0.3 is 10.6 Å². The largest absolute Gasteiger partial charge is 0.373 e. The van der Waals surface area contributed by atoms with E-state index in [4.69, 9.17) is 0 Å². The molecule has 2 rings (SSSR count). The molecule has 1 saturated carbocycles. The average molecular weight is 236 g/mol. The summed E-state index contributed by atoms with van der Waals surface area (Å²) in [6, 6.07) is 3.08. The summed E-state index contributed by atoms with van der Waals surface area (Å²) in [6.45, 7) is 2.06. The van der Waals surface area contributed by atoms with Gasteiger partial charge in [0.15, 0.2) is 0 Å². The molecule has 1 fully saturated rings. The van der Waals surface area contributed by atoms with Crippen LogP contribution in [0.3, 0.4) is 0 Å². The van der Waals surface area contributed by atoms with Gasteiger partial charge in [0.1, 0.15) is 5.82 Å². The van der Waals surface area contributed by atoms with E-state index in [0.29, 0.717) is 11.6 Å². The maximum Gasteiger partial charge on any atom is 0.311 e. The van der Waals surface area contributed by atoms with Crippen LogP contribution in [-0.2, 0) is 0 Å². The molecule has 1 aliphatic rings. The highest BCUT2D eigenvalue weighted by molar-refractivity contribution is 5.61. The molecule has 0 unspecified atom stereocenters. The zero-order valence-electron chi connectivity index (χ0n) is 9.99. The van der Waals surface area contributed by atoms with Crippen molar-refractivity contribution in [3.05, 3.63) is 22.2 Å². The average Bonchev–Trinajstić information content (AvgIpc) is 2.26. The lowest BCUT2D eigenvalue weighted by molar-refractivity contribution is -0.384. The second kappa shape index (κ2) is 4.20. The summed E-state index contributed by atoms with van der Waals surface area (Å²) in [6.07, 6.45) is 3.20. The van der Waals surface area contributed by atoms with Crippen LogP contribution in [0.15, 0.2) is 12.1 Å². The van der Waals surface area contributed by atoms with Crippen molar-refractivity contribution in [2.24, 2.45) is 0 Å². The lowest BCUT2D eigenvalue weighted by Gasteiger charge is -2.39. The molecule has 6 heteroatoms. The Morgan fingerprint density at radius 2 is 2.18 bits per heavy atom. The van der Waals surface area contributed by atoms with E-state index in [1.54, 1.807) is 13.1 Å². The van der Waals surface area contributed by atoms with Gasteiger partial charge in [0.25, 0.3) is 0 Å². The van der Waals surface area contributed by atoms with E-state index in [1.807, 2.05) is 0 Å². The summed E-state index contributed by atoms with van der Waals surface area (Å²) in [5.41, 5.74) is -0.0263. The van der Waals surface area contributed by atoms with Crippen LogP contribution >= 0.6 is 0 Å². The second-order valence-corrected chi connectivity index (χ2v) is 4.61. The third kappa shape index (κ3) is 2.30. The molecule has 1 aromatic heterocycles. The van der Waals surface area contributed by atoms with Crippen LogP contribution in [0.2, 0.25) is 0 Å². The van der Waals surface area contributed by atoms with Gasteiger partial charge in [0, 0.05) is 18.7 Å². The number of aromatic nitrogens is 1. The summed E-state index contributed by atoms with van der Waals surface area (Å²) in [7, 11) is 1.74. The first-order valence-corrected chi connectivity index (χ1v) is 5.65. The maximum atomic E-state index is 10.9. The number of nitro groups is 1. The van der Waals surface area contributed by atoms with E-state index in [9.17, 15) is 10.1 Å². The highest BCUT2D eigenvalue weighted by atomic mass is 16.6. The molecule has 0 saturated heterocycles. The van der Waals surface area contributed by atoms with Gasteiger partial charge in [-0.15, -0.1) is 0 Å². The van der Waals surface area contributed by atoms with Crippen LogP contribution in [-0.4, -0.2) is 22.5 Å². The van der Waals surface area contributed by atoms with Gasteiger partial charge in [-0.1, -0.05) is 0 Å². The molecule has 2 N–H and O–H groups in total. The number of pyridine rings is 1. The lowest BCUT2D eigenvalue weighted by atomic mass is 9.78. The van der Waals surface area contributed by atoms with Crippen molar-refractivity contribution >= 4 is 17.3 Å². The van der Waals surface area contributed by atoms with E-state index in [2.05, 4.69) is 22.5 Å². The SMILES string of the molecule is CNc1ccc([N+](=O)[O-])c(NC2(C)CCC2)n1. The smallest absolute Gasteiger partial charge is 0.311 e. The molecule has 1 aliphatic carbocycles. The fraction of sp³-hybridized carbons (Fsp3) is 0.545. The van der Waals surface area contributed by atoms with Gasteiger partial charge in [0.05, 0.1) is 4.92 Å². The minimum Gasteiger partial charge on any atom is -0.373 e. The molecule has 1 heterocycles. The molecule has 1 aromatic rings. The van der Waals surface area contributed by atoms with E-state index in [-0.39, 0.29) is 11.2 Å². The molecule has 0 atom stereocenters. The van der Waals surface area contributed by atoms with E-state index < -0.39 is 4.92 Å². The topological polar surface area (TPSA) is 80.1 Å². The maximum absolute atomic E-state index is 10.9. The van der Waals surface area contributed by atoms with Crippen LogP contribution in [0.1, 0.15) is 26.2 Å². The second-order valence-electron chi connectivity index (χ2n) is 4.61. The summed E-state index contributed by atoms with van der Waals surface area (Å²) in [5.74, 6) is 0.977. The summed E-state index contributed by atoms with van der Waals surface area (Å²) < 4.78 is 0. The molecule has 0 spiro atoms. The fourth-order valence-electron chi connectivity index (χ4n) is 1.95. The van der Waals surface area contributed by atoms with Crippen molar-refractivity contribution in [2.75, 3.05) is 17.7 Å². The molecule has 0 radical (unpaired) electrons. The number of anilines is 2. The van der Waals surface area contributed by atoms with Crippen LogP contribution < -0.4 is 10.6 Å². The number of nitrogens with one attached hydrogen (secondary N) is 2. The lowest BCUT2D eigenvalue weighted by Crippen LogP contribution is -2.42. The van der Waals surface area contributed by atoms with Crippen molar-refractivity contribution in [3.8, 4) is 0 Å². The summed E-state index contributed by atoms with van der Waals surface area (Å²) in [5, 5.41) is 17.0.